The Hall–Kier alpha value is -3.78. The number of aliphatic hydroxyl groups is 1. The van der Waals surface area contributed by atoms with Crippen molar-refractivity contribution in [2.24, 2.45) is 0 Å². The standard InChI is InChI=1S/C24H21NO6S/c1-13-10-11-32-23(13)20-19(21(27)14-8-9-17(30-2)18(12-14)31-3)22(28)24(29)25(20)15-6-4-5-7-16(15)26/h4-12,20,26-27H,1-3H3/b21-19-. The molecule has 1 aliphatic rings. The predicted molar refractivity (Wildman–Crippen MR) is 121 cm³/mol. The van der Waals surface area contributed by atoms with Crippen LogP contribution in [0.4, 0.5) is 5.69 Å². The second-order valence-electron chi connectivity index (χ2n) is 7.20. The molecule has 0 radical (unpaired) electrons. The van der Waals surface area contributed by atoms with Crippen LogP contribution in [0.25, 0.3) is 5.76 Å². The van der Waals surface area contributed by atoms with Crippen molar-refractivity contribution in [3.8, 4) is 17.2 Å². The van der Waals surface area contributed by atoms with E-state index in [1.807, 2.05) is 18.4 Å². The number of phenolic OH excluding ortho intramolecular Hbond substituents is 1. The van der Waals surface area contributed by atoms with Crippen LogP contribution in [0.3, 0.4) is 0 Å². The van der Waals surface area contributed by atoms with Gasteiger partial charge in [-0.05, 0) is 54.3 Å². The predicted octanol–water partition coefficient (Wildman–Crippen LogP) is 4.41. The van der Waals surface area contributed by atoms with Gasteiger partial charge in [-0.2, -0.15) is 0 Å². The number of ketones is 1. The summed E-state index contributed by atoms with van der Waals surface area (Å²) in [5.74, 6) is -1.30. The Morgan fingerprint density at radius 1 is 1.03 bits per heavy atom. The fraction of sp³-hybridized carbons (Fsp3) is 0.167. The molecule has 4 rings (SSSR count). The summed E-state index contributed by atoms with van der Waals surface area (Å²) in [5, 5.41) is 23.5. The molecule has 0 saturated carbocycles. The van der Waals surface area contributed by atoms with Crippen molar-refractivity contribution in [1.82, 2.24) is 0 Å². The summed E-state index contributed by atoms with van der Waals surface area (Å²) in [6.45, 7) is 1.87. The Balaban J connectivity index is 1.96. The first-order valence-corrected chi connectivity index (χ1v) is 10.6. The molecule has 2 heterocycles. The minimum Gasteiger partial charge on any atom is -0.507 e. The quantitative estimate of drug-likeness (QED) is 0.339. The van der Waals surface area contributed by atoms with Gasteiger partial charge in [0, 0.05) is 10.4 Å². The fourth-order valence-corrected chi connectivity index (χ4v) is 4.83. The van der Waals surface area contributed by atoms with Crippen molar-refractivity contribution in [1.29, 1.82) is 0 Å². The summed E-state index contributed by atoms with van der Waals surface area (Å²) in [4.78, 5) is 28.2. The first kappa shape index (κ1) is 21.5. The van der Waals surface area contributed by atoms with Crippen LogP contribution in [0.15, 0.2) is 59.5 Å². The van der Waals surface area contributed by atoms with Crippen molar-refractivity contribution < 1.29 is 29.3 Å². The average molecular weight is 452 g/mol. The van der Waals surface area contributed by atoms with Crippen LogP contribution in [0.1, 0.15) is 22.0 Å². The van der Waals surface area contributed by atoms with Crippen LogP contribution >= 0.6 is 11.3 Å². The average Bonchev–Trinajstić information content (AvgIpc) is 3.33. The number of carbonyl (C=O) groups is 2. The number of methoxy groups -OCH3 is 2. The largest absolute Gasteiger partial charge is 0.507 e. The number of Topliss-reactive ketones (excluding diaryl/α,β-unsaturated/α-hetero) is 1. The molecule has 7 nitrogen and oxygen atoms in total. The highest BCUT2D eigenvalue weighted by Gasteiger charge is 2.48. The highest BCUT2D eigenvalue weighted by atomic mass is 32.1. The number of rotatable bonds is 5. The van der Waals surface area contributed by atoms with Gasteiger partial charge < -0.3 is 19.7 Å². The van der Waals surface area contributed by atoms with E-state index in [4.69, 9.17) is 9.47 Å². The highest BCUT2D eigenvalue weighted by molar-refractivity contribution is 7.10. The number of aryl methyl sites for hydroxylation is 1. The Bertz CT molecular complexity index is 1240. The third kappa shape index (κ3) is 3.38. The lowest BCUT2D eigenvalue weighted by Gasteiger charge is -2.25. The zero-order chi connectivity index (χ0) is 23.0. The number of aromatic hydroxyl groups is 1. The number of amides is 1. The lowest BCUT2D eigenvalue weighted by Crippen LogP contribution is -2.29. The Morgan fingerprint density at radius 2 is 1.75 bits per heavy atom. The molecule has 3 aromatic rings. The van der Waals surface area contributed by atoms with Gasteiger partial charge in [0.1, 0.15) is 17.6 Å². The Labute approximate surface area is 188 Å². The third-order valence-corrected chi connectivity index (χ3v) is 6.46. The van der Waals surface area contributed by atoms with Crippen LogP contribution in [0, 0.1) is 6.92 Å². The number of anilines is 1. The van der Waals surface area contributed by atoms with Gasteiger partial charge in [-0.3, -0.25) is 14.5 Å². The number of aliphatic hydroxyl groups excluding tert-OH is 1. The van der Waals surface area contributed by atoms with Gasteiger partial charge in [0.05, 0.1) is 25.5 Å². The number of hydrogen-bond donors (Lipinski definition) is 2. The van der Waals surface area contributed by atoms with E-state index in [-0.39, 0.29) is 22.8 Å². The molecule has 32 heavy (non-hydrogen) atoms. The normalized spacial score (nSPS) is 17.6. The smallest absolute Gasteiger partial charge is 0.300 e. The summed E-state index contributed by atoms with van der Waals surface area (Å²) >= 11 is 1.37. The SMILES string of the molecule is COc1ccc(/C(O)=C2/C(=O)C(=O)N(c3ccccc3O)C2c2sccc2C)cc1OC. The zero-order valence-corrected chi connectivity index (χ0v) is 18.5. The summed E-state index contributed by atoms with van der Waals surface area (Å²) < 4.78 is 10.6. The van der Waals surface area contributed by atoms with Crippen molar-refractivity contribution in [2.75, 3.05) is 19.1 Å². The number of benzene rings is 2. The maximum atomic E-state index is 13.2. The van der Waals surface area contributed by atoms with Crippen LogP contribution in [-0.2, 0) is 9.59 Å². The van der Waals surface area contributed by atoms with Gasteiger partial charge >= 0.3 is 0 Å². The first-order valence-electron chi connectivity index (χ1n) is 9.74. The fourth-order valence-electron chi connectivity index (χ4n) is 3.80. The monoisotopic (exact) mass is 451 g/mol. The van der Waals surface area contributed by atoms with Gasteiger partial charge in [-0.1, -0.05) is 12.1 Å². The molecule has 1 amide bonds. The van der Waals surface area contributed by atoms with E-state index in [2.05, 4.69) is 0 Å². The molecule has 2 aromatic carbocycles. The van der Waals surface area contributed by atoms with E-state index >= 15 is 0 Å². The van der Waals surface area contributed by atoms with E-state index in [9.17, 15) is 19.8 Å². The number of thiophene rings is 1. The summed E-state index contributed by atoms with van der Waals surface area (Å²) in [6, 6.07) is 12.0. The molecule has 0 aliphatic carbocycles. The molecule has 0 bridgehead atoms. The Kier molecular flexibility index (Phi) is 5.63. The molecular weight excluding hydrogens is 430 g/mol. The second-order valence-corrected chi connectivity index (χ2v) is 8.14. The van der Waals surface area contributed by atoms with E-state index in [0.29, 0.717) is 17.1 Å². The molecular formula is C24H21NO6S. The molecule has 1 aliphatic heterocycles. The maximum Gasteiger partial charge on any atom is 0.300 e. The highest BCUT2D eigenvalue weighted by Crippen LogP contribution is 2.47. The van der Waals surface area contributed by atoms with Crippen molar-refractivity contribution in [3.63, 3.8) is 0 Å². The Morgan fingerprint density at radius 3 is 2.38 bits per heavy atom. The molecule has 0 spiro atoms. The van der Waals surface area contributed by atoms with Crippen LogP contribution in [-0.4, -0.2) is 36.1 Å². The zero-order valence-electron chi connectivity index (χ0n) is 17.7. The number of para-hydroxylation sites is 2. The summed E-state index contributed by atoms with van der Waals surface area (Å²) in [6.07, 6.45) is 0. The topological polar surface area (TPSA) is 96.3 Å². The molecule has 1 saturated heterocycles. The lowest BCUT2D eigenvalue weighted by atomic mass is 9.98. The molecule has 2 N–H and O–H groups in total. The number of carbonyl (C=O) groups excluding carboxylic acids is 2. The van der Waals surface area contributed by atoms with Crippen molar-refractivity contribution >= 4 is 34.5 Å². The minimum atomic E-state index is -0.892. The van der Waals surface area contributed by atoms with E-state index in [1.165, 1.54) is 36.5 Å². The number of hydrogen-bond acceptors (Lipinski definition) is 7. The lowest BCUT2D eigenvalue weighted by molar-refractivity contribution is -0.132. The van der Waals surface area contributed by atoms with Crippen molar-refractivity contribution in [3.05, 3.63) is 75.5 Å². The van der Waals surface area contributed by atoms with Crippen LogP contribution in [0.5, 0.6) is 17.2 Å². The second kappa shape index (κ2) is 8.39. The van der Waals surface area contributed by atoms with E-state index in [1.54, 1.807) is 36.4 Å². The van der Waals surface area contributed by atoms with Crippen molar-refractivity contribution in [2.45, 2.75) is 13.0 Å². The van der Waals surface area contributed by atoms with Gasteiger partial charge in [-0.25, -0.2) is 0 Å². The molecule has 1 fully saturated rings. The van der Waals surface area contributed by atoms with E-state index < -0.39 is 17.7 Å². The first-order chi connectivity index (χ1) is 15.4. The third-order valence-electron chi connectivity index (χ3n) is 5.39. The van der Waals surface area contributed by atoms with Crippen LogP contribution in [0.2, 0.25) is 0 Å². The van der Waals surface area contributed by atoms with Gasteiger partial charge in [-0.15, -0.1) is 11.3 Å². The summed E-state index contributed by atoms with van der Waals surface area (Å²) in [5.41, 5.74) is 1.30. The minimum absolute atomic E-state index is 0.0592. The molecule has 1 unspecified atom stereocenters. The molecule has 164 valence electrons. The van der Waals surface area contributed by atoms with Crippen LogP contribution < -0.4 is 14.4 Å². The maximum absolute atomic E-state index is 13.2. The number of ether oxygens (including phenoxy) is 2. The number of nitrogens with zero attached hydrogens (tertiary/aromatic N) is 1. The molecule has 1 aromatic heterocycles. The van der Waals surface area contributed by atoms with Gasteiger partial charge in [0.25, 0.3) is 11.7 Å². The molecule has 8 heteroatoms. The van der Waals surface area contributed by atoms with Gasteiger partial charge in [0.15, 0.2) is 11.5 Å². The number of phenols is 1. The van der Waals surface area contributed by atoms with Gasteiger partial charge in [0.2, 0.25) is 0 Å². The van der Waals surface area contributed by atoms with E-state index in [0.717, 1.165) is 10.4 Å². The summed E-state index contributed by atoms with van der Waals surface area (Å²) in [7, 11) is 2.96. The molecule has 1 atom stereocenters.